The summed E-state index contributed by atoms with van der Waals surface area (Å²) in [5.41, 5.74) is 1.00. The van der Waals surface area contributed by atoms with E-state index < -0.39 is 10.0 Å². The SMILES string of the molecule is CC1CN(C(=O)c2ccccc2)CCN1S(=O)(=O)c1c[nH]c2c(Cl)nc(Cl)cc12. The Morgan fingerprint density at radius 1 is 1.21 bits per heavy atom. The van der Waals surface area contributed by atoms with Gasteiger partial charge < -0.3 is 9.88 Å². The first-order valence-corrected chi connectivity index (χ1v) is 11.2. The number of rotatable bonds is 3. The van der Waals surface area contributed by atoms with Crippen LogP contribution in [0.25, 0.3) is 10.9 Å². The molecular weight excluding hydrogens is 435 g/mol. The zero-order valence-corrected chi connectivity index (χ0v) is 17.8. The molecule has 4 rings (SSSR count). The Kier molecular flexibility index (Phi) is 5.29. The molecule has 1 aliphatic rings. The topological polar surface area (TPSA) is 86.4 Å². The van der Waals surface area contributed by atoms with Crippen molar-refractivity contribution < 1.29 is 13.2 Å². The van der Waals surface area contributed by atoms with Gasteiger partial charge in [-0.1, -0.05) is 41.4 Å². The number of H-pyrrole nitrogens is 1. The molecule has 10 heteroatoms. The van der Waals surface area contributed by atoms with Gasteiger partial charge in [0.15, 0.2) is 5.15 Å². The van der Waals surface area contributed by atoms with E-state index in [2.05, 4.69) is 9.97 Å². The van der Waals surface area contributed by atoms with Crippen LogP contribution in [0.4, 0.5) is 0 Å². The molecule has 1 fully saturated rings. The molecular formula is C19H18Cl2N4O3S. The fourth-order valence-corrected chi connectivity index (χ4v) is 5.86. The summed E-state index contributed by atoms with van der Waals surface area (Å²) in [5, 5.41) is 0.621. The molecule has 0 radical (unpaired) electrons. The number of fused-ring (bicyclic) bond motifs is 1. The van der Waals surface area contributed by atoms with Crippen LogP contribution in [-0.4, -0.2) is 59.2 Å². The van der Waals surface area contributed by atoms with Crippen LogP contribution in [0.15, 0.2) is 47.5 Å². The van der Waals surface area contributed by atoms with Gasteiger partial charge in [0.2, 0.25) is 10.0 Å². The van der Waals surface area contributed by atoms with Gasteiger partial charge in [-0.2, -0.15) is 4.31 Å². The molecule has 7 nitrogen and oxygen atoms in total. The summed E-state index contributed by atoms with van der Waals surface area (Å²) in [7, 11) is -3.82. The number of nitrogens with one attached hydrogen (secondary N) is 1. The number of nitrogens with zero attached hydrogens (tertiary/aromatic N) is 3. The maximum Gasteiger partial charge on any atom is 0.253 e. The second-order valence-corrected chi connectivity index (χ2v) is 9.50. The van der Waals surface area contributed by atoms with E-state index in [9.17, 15) is 13.2 Å². The Bertz CT molecular complexity index is 1180. The number of amides is 1. The van der Waals surface area contributed by atoms with Crippen molar-refractivity contribution in [3.8, 4) is 0 Å². The molecule has 152 valence electrons. The minimum Gasteiger partial charge on any atom is -0.357 e. The molecule has 1 aromatic carbocycles. The molecule has 1 saturated heterocycles. The molecule has 1 atom stereocenters. The smallest absolute Gasteiger partial charge is 0.253 e. The lowest BCUT2D eigenvalue weighted by molar-refractivity contribution is 0.0642. The number of halogens is 2. The van der Waals surface area contributed by atoms with Crippen molar-refractivity contribution in [2.24, 2.45) is 0 Å². The predicted molar refractivity (Wildman–Crippen MR) is 112 cm³/mol. The summed E-state index contributed by atoms with van der Waals surface area (Å²) >= 11 is 12.0. The van der Waals surface area contributed by atoms with Crippen LogP contribution in [0.5, 0.6) is 0 Å². The average Bonchev–Trinajstić information content (AvgIpc) is 3.13. The standard InChI is InChI=1S/C19H18Cl2N4O3S/c1-12-11-24(19(26)13-5-3-2-4-6-13)7-8-25(12)29(27,28)15-10-22-17-14(15)9-16(20)23-18(17)21/h2-6,9-10,12,22H,7-8,11H2,1H3. The third kappa shape index (κ3) is 3.61. The van der Waals surface area contributed by atoms with E-state index in [1.54, 1.807) is 36.1 Å². The molecule has 0 aliphatic carbocycles. The number of piperazine rings is 1. The normalized spacial score (nSPS) is 18.3. The number of hydrogen-bond acceptors (Lipinski definition) is 4. The van der Waals surface area contributed by atoms with E-state index in [0.29, 0.717) is 29.6 Å². The van der Waals surface area contributed by atoms with Crippen LogP contribution in [0.3, 0.4) is 0 Å². The highest BCUT2D eigenvalue weighted by Crippen LogP contribution is 2.32. The summed E-state index contributed by atoms with van der Waals surface area (Å²) in [6.45, 7) is 2.60. The first-order valence-electron chi connectivity index (χ1n) is 8.98. The Labute approximate surface area is 178 Å². The van der Waals surface area contributed by atoms with Crippen molar-refractivity contribution in [3.05, 3.63) is 58.5 Å². The molecule has 3 aromatic rings. The Hall–Kier alpha value is -2.13. The predicted octanol–water partition coefficient (Wildman–Crippen LogP) is 3.40. The zero-order chi connectivity index (χ0) is 20.8. The van der Waals surface area contributed by atoms with Crippen molar-refractivity contribution in [1.29, 1.82) is 0 Å². The molecule has 1 N–H and O–H groups in total. The van der Waals surface area contributed by atoms with Crippen LogP contribution >= 0.6 is 23.2 Å². The van der Waals surface area contributed by atoms with Crippen molar-refractivity contribution in [3.63, 3.8) is 0 Å². The Balaban J connectivity index is 1.61. The van der Waals surface area contributed by atoms with E-state index in [0.717, 1.165) is 0 Å². The Morgan fingerprint density at radius 3 is 2.62 bits per heavy atom. The highest BCUT2D eigenvalue weighted by atomic mass is 35.5. The molecule has 0 spiro atoms. The van der Waals surface area contributed by atoms with Crippen LogP contribution in [0, 0.1) is 0 Å². The molecule has 29 heavy (non-hydrogen) atoms. The number of aromatic amines is 1. The summed E-state index contributed by atoms with van der Waals surface area (Å²) in [5.74, 6) is -0.105. The van der Waals surface area contributed by atoms with Gasteiger partial charge in [0.1, 0.15) is 10.0 Å². The lowest BCUT2D eigenvalue weighted by Crippen LogP contribution is -2.55. The number of carbonyl (C=O) groups excluding carboxylic acids is 1. The molecule has 3 heterocycles. The van der Waals surface area contributed by atoms with E-state index in [1.165, 1.54) is 16.6 Å². The van der Waals surface area contributed by atoms with Crippen molar-refractivity contribution in [2.45, 2.75) is 17.9 Å². The van der Waals surface area contributed by atoms with Crippen LogP contribution in [0.1, 0.15) is 17.3 Å². The molecule has 1 unspecified atom stereocenters. The van der Waals surface area contributed by atoms with Gasteiger partial charge in [-0.05, 0) is 25.1 Å². The second-order valence-electron chi connectivity index (χ2n) is 6.89. The fraction of sp³-hybridized carbons (Fsp3) is 0.263. The van der Waals surface area contributed by atoms with Gasteiger partial charge in [-0.15, -0.1) is 0 Å². The second kappa shape index (κ2) is 7.60. The highest BCUT2D eigenvalue weighted by molar-refractivity contribution is 7.89. The molecule has 2 aromatic heterocycles. The van der Waals surface area contributed by atoms with Gasteiger partial charge in [0.05, 0.1) is 5.52 Å². The van der Waals surface area contributed by atoms with Crippen molar-refractivity contribution in [2.75, 3.05) is 19.6 Å². The molecule has 1 aliphatic heterocycles. The highest BCUT2D eigenvalue weighted by Gasteiger charge is 2.36. The number of pyridine rings is 1. The maximum atomic E-state index is 13.3. The largest absolute Gasteiger partial charge is 0.357 e. The van der Waals surface area contributed by atoms with Crippen LogP contribution in [0.2, 0.25) is 10.3 Å². The van der Waals surface area contributed by atoms with E-state index in [-0.39, 0.29) is 33.7 Å². The fourth-order valence-electron chi connectivity index (χ4n) is 3.62. The lowest BCUT2D eigenvalue weighted by atomic mass is 10.1. The average molecular weight is 453 g/mol. The van der Waals surface area contributed by atoms with Crippen LogP contribution < -0.4 is 0 Å². The summed E-state index contributed by atoms with van der Waals surface area (Å²) < 4.78 is 28.1. The summed E-state index contributed by atoms with van der Waals surface area (Å²) in [4.78, 5) is 21.3. The number of carbonyl (C=O) groups is 1. The minimum atomic E-state index is -3.82. The minimum absolute atomic E-state index is 0.0911. The molecule has 1 amide bonds. The van der Waals surface area contributed by atoms with Gasteiger partial charge >= 0.3 is 0 Å². The zero-order valence-electron chi connectivity index (χ0n) is 15.5. The number of benzene rings is 1. The molecule has 0 bridgehead atoms. The maximum absolute atomic E-state index is 13.3. The van der Waals surface area contributed by atoms with E-state index in [1.807, 2.05) is 6.07 Å². The van der Waals surface area contributed by atoms with Gasteiger partial charge in [0.25, 0.3) is 5.91 Å². The monoisotopic (exact) mass is 452 g/mol. The quantitative estimate of drug-likeness (QED) is 0.616. The third-order valence-corrected chi connectivity index (χ3v) is 7.54. The number of hydrogen-bond donors (Lipinski definition) is 1. The van der Waals surface area contributed by atoms with Gasteiger partial charge in [-0.25, -0.2) is 13.4 Å². The van der Waals surface area contributed by atoms with E-state index >= 15 is 0 Å². The first kappa shape index (κ1) is 20.2. The first-order chi connectivity index (χ1) is 13.8. The summed E-state index contributed by atoms with van der Waals surface area (Å²) in [6.07, 6.45) is 1.40. The van der Waals surface area contributed by atoms with Crippen LogP contribution in [-0.2, 0) is 10.0 Å². The lowest BCUT2D eigenvalue weighted by Gasteiger charge is -2.38. The van der Waals surface area contributed by atoms with Crippen molar-refractivity contribution in [1.82, 2.24) is 19.2 Å². The molecule has 0 saturated carbocycles. The summed E-state index contributed by atoms with van der Waals surface area (Å²) in [6, 6.07) is 10.1. The van der Waals surface area contributed by atoms with E-state index in [4.69, 9.17) is 23.2 Å². The van der Waals surface area contributed by atoms with Crippen molar-refractivity contribution >= 4 is 50.0 Å². The number of aromatic nitrogens is 2. The Morgan fingerprint density at radius 2 is 1.93 bits per heavy atom. The third-order valence-electron chi connectivity index (χ3n) is 5.02. The van der Waals surface area contributed by atoms with Gasteiger partial charge in [0, 0.05) is 42.8 Å². The van der Waals surface area contributed by atoms with Gasteiger partial charge in [-0.3, -0.25) is 4.79 Å². The number of sulfonamides is 1.